The fraction of sp³-hybridized carbons (Fsp3) is 0.611. The van der Waals surface area contributed by atoms with Gasteiger partial charge in [0.25, 0.3) is 11.6 Å². The van der Waals surface area contributed by atoms with Crippen molar-refractivity contribution in [3.05, 3.63) is 33.9 Å². The highest BCUT2D eigenvalue weighted by atomic mass is 16.6. The maximum Gasteiger partial charge on any atom is 0.282 e. The summed E-state index contributed by atoms with van der Waals surface area (Å²) in [7, 11) is 0. The van der Waals surface area contributed by atoms with Crippen LogP contribution in [-0.2, 0) is 0 Å². The highest BCUT2D eigenvalue weighted by Gasteiger charge is 2.31. The summed E-state index contributed by atoms with van der Waals surface area (Å²) in [6.07, 6.45) is 5.26. The standard InChI is InChI=1S/C18H24N4O3/c23-18(19-13-2-1-3-13)16-12-15(4-5-17(16)22(24)25)21-11-10-20-8-6-14(21)7-9-20/h4-5,12-14H,1-3,6-11H2,(H,19,23). The number of nitro groups is 1. The average molecular weight is 344 g/mol. The van der Waals surface area contributed by atoms with E-state index in [4.69, 9.17) is 0 Å². The molecule has 1 amide bonds. The van der Waals surface area contributed by atoms with Gasteiger partial charge in [-0.1, -0.05) is 0 Å². The first kappa shape index (κ1) is 16.3. The SMILES string of the molecule is O=C(NC1CCC1)c1cc(N2CCN3CCC2CC3)ccc1[N+](=O)[O-]. The monoisotopic (exact) mass is 344 g/mol. The van der Waals surface area contributed by atoms with E-state index in [0.717, 1.165) is 64.0 Å². The maximum atomic E-state index is 12.6. The van der Waals surface area contributed by atoms with Crippen LogP contribution in [0, 0.1) is 10.1 Å². The number of benzene rings is 1. The molecular formula is C18H24N4O3. The van der Waals surface area contributed by atoms with E-state index in [1.807, 2.05) is 0 Å². The summed E-state index contributed by atoms with van der Waals surface area (Å²) in [6.45, 7) is 4.15. The lowest BCUT2D eigenvalue weighted by Gasteiger charge is -2.33. The second kappa shape index (κ2) is 6.63. The molecule has 1 aromatic rings. The van der Waals surface area contributed by atoms with E-state index in [0.29, 0.717) is 6.04 Å². The Morgan fingerprint density at radius 3 is 2.52 bits per heavy atom. The summed E-state index contributed by atoms with van der Waals surface area (Å²) in [5.74, 6) is -0.318. The van der Waals surface area contributed by atoms with Crippen molar-refractivity contribution in [2.45, 2.75) is 44.2 Å². The zero-order chi connectivity index (χ0) is 17.4. The molecule has 134 valence electrons. The number of carbonyl (C=O) groups excluding carboxylic acids is 1. The zero-order valence-electron chi connectivity index (χ0n) is 14.3. The van der Waals surface area contributed by atoms with Crippen LogP contribution in [0.2, 0.25) is 0 Å². The normalized spacial score (nSPS) is 26.0. The lowest BCUT2D eigenvalue weighted by molar-refractivity contribution is -0.385. The number of piperidine rings is 1. The van der Waals surface area contributed by atoms with Crippen molar-refractivity contribution in [1.29, 1.82) is 0 Å². The van der Waals surface area contributed by atoms with Gasteiger partial charge in [-0.3, -0.25) is 14.9 Å². The number of nitrogens with zero attached hydrogens (tertiary/aromatic N) is 3. The van der Waals surface area contributed by atoms with Crippen molar-refractivity contribution in [2.75, 3.05) is 31.1 Å². The molecule has 0 radical (unpaired) electrons. The fourth-order valence-electron chi connectivity index (χ4n) is 4.09. The van der Waals surface area contributed by atoms with Crippen LogP contribution < -0.4 is 10.2 Å². The van der Waals surface area contributed by atoms with E-state index in [1.54, 1.807) is 12.1 Å². The highest BCUT2D eigenvalue weighted by molar-refractivity contribution is 5.99. The van der Waals surface area contributed by atoms with Crippen LogP contribution in [0.5, 0.6) is 0 Å². The molecular weight excluding hydrogens is 320 g/mol. The number of rotatable bonds is 4. The van der Waals surface area contributed by atoms with Crippen LogP contribution in [0.1, 0.15) is 42.5 Å². The first-order valence-corrected chi connectivity index (χ1v) is 9.20. The van der Waals surface area contributed by atoms with Gasteiger partial charge in [-0.25, -0.2) is 0 Å². The van der Waals surface area contributed by atoms with Gasteiger partial charge in [-0.05, 0) is 44.2 Å². The Kier molecular flexibility index (Phi) is 4.33. The molecule has 1 aromatic carbocycles. The van der Waals surface area contributed by atoms with Crippen molar-refractivity contribution < 1.29 is 9.72 Å². The Balaban J connectivity index is 1.63. The molecule has 1 saturated carbocycles. The van der Waals surface area contributed by atoms with Gasteiger partial charge in [0.15, 0.2) is 0 Å². The number of amides is 1. The van der Waals surface area contributed by atoms with E-state index >= 15 is 0 Å². The van der Waals surface area contributed by atoms with Gasteiger partial charge in [-0.2, -0.15) is 0 Å². The molecule has 1 N–H and O–H groups in total. The topological polar surface area (TPSA) is 78.7 Å². The Hall–Kier alpha value is -2.15. The Labute approximate surface area is 147 Å². The predicted octanol–water partition coefficient (Wildman–Crippen LogP) is 2.16. The molecule has 0 unspecified atom stereocenters. The summed E-state index contributed by atoms with van der Waals surface area (Å²) >= 11 is 0. The first-order valence-electron chi connectivity index (χ1n) is 9.20. The summed E-state index contributed by atoms with van der Waals surface area (Å²) in [5.41, 5.74) is 1.01. The van der Waals surface area contributed by atoms with Crippen molar-refractivity contribution in [3.63, 3.8) is 0 Å². The van der Waals surface area contributed by atoms with Crippen LogP contribution >= 0.6 is 0 Å². The number of anilines is 1. The Morgan fingerprint density at radius 2 is 1.88 bits per heavy atom. The lowest BCUT2D eigenvalue weighted by atomic mass is 9.93. The molecule has 0 atom stereocenters. The molecule has 3 aliphatic heterocycles. The molecule has 0 spiro atoms. The number of hydrogen-bond acceptors (Lipinski definition) is 5. The van der Waals surface area contributed by atoms with Gasteiger partial charge in [0.1, 0.15) is 5.56 Å². The van der Waals surface area contributed by atoms with Crippen molar-refractivity contribution in [2.24, 2.45) is 0 Å². The van der Waals surface area contributed by atoms with Gasteiger partial charge in [0, 0.05) is 50.0 Å². The Morgan fingerprint density at radius 1 is 1.12 bits per heavy atom. The minimum Gasteiger partial charge on any atom is -0.367 e. The molecule has 25 heavy (non-hydrogen) atoms. The van der Waals surface area contributed by atoms with Crippen molar-refractivity contribution >= 4 is 17.3 Å². The second-order valence-corrected chi connectivity index (χ2v) is 7.33. The third-order valence-corrected chi connectivity index (χ3v) is 5.85. The van der Waals surface area contributed by atoms with Crippen LogP contribution in [0.15, 0.2) is 18.2 Å². The van der Waals surface area contributed by atoms with Gasteiger partial charge in [0.2, 0.25) is 0 Å². The first-order chi connectivity index (χ1) is 12.1. The minimum absolute atomic E-state index is 0.108. The molecule has 0 aromatic heterocycles. The van der Waals surface area contributed by atoms with Crippen LogP contribution in [0.3, 0.4) is 0 Å². The van der Waals surface area contributed by atoms with E-state index in [-0.39, 0.29) is 23.2 Å². The van der Waals surface area contributed by atoms with Gasteiger partial charge >= 0.3 is 0 Å². The zero-order valence-corrected chi connectivity index (χ0v) is 14.3. The molecule has 7 nitrogen and oxygen atoms in total. The molecule has 7 heteroatoms. The molecule has 4 aliphatic rings. The van der Waals surface area contributed by atoms with Gasteiger partial charge < -0.3 is 15.1 Å². The van der Waals surface area contributed by atoms with Gasteiger partial charge in [0.05, 0.1) is 4.92 Å². The maximum absolute atomic E-state index is 12.6. The minimum atomic E-state index is -0.459. The molecule has 5 rings (SSSR count). The van der Waals surface area contributed by atoms with E-state index < -0.39 is 4.92 Å². The summed E-state index contributed by atoms with van der Waals surface area (Å²) in [5, 5.41) is 14.3. The van der Waals surface area contributed by atoms with E-state index in [9.17, 15) is 14.9 Å². The number of hydrogen-bond donors (Lipinski definition) is 1. The van der Waals surface area contributed by atoms with Crippen LogP contribution in [0.4, 0.5) is 11.4 Å². The summed E-state index contributed by atoms with van der Waals surface area (Å²) in [6, 6.07) is 5.63. The summed E-state index contributed by atoms with van der Waals surface area (Å²) < 4.78 is 0. The number of nitro benzene ring substituents is 1. The lowest BCUT2D eigenvalue weighted by Crippen LogP contribution is -2.40. The molecule has 3 heterocycles. The fourth-order valence-corrected chi connectivity index (χ4v) is 4.09. The van der Waals surface area contributed by atoms with E-state index in [2.05, 4.69) is 15.1 Å². The summed E-state index contributed by atoms with van der Waals surface area (Å²) in [4.78, 5) is 28.3. The van der Waals surface area contributed by atoms with Crippen LogP contribution in [-0.4, -0.2) is 54.0 Å². The third-order valence-electron chi connectivity index (χ3n) is 5.85. The molecule has 3 saturated heterocycles. The van der Waals surface area contributed by atoms with Gasteiger partial charge in [-0.15, -0.1) is 0 Å². The average Bonchev–Trinajstić information content (AvgIpc) is 2.91. The smallest absolute Gasteiger partial charge is 0.282 e. The largest absolute Gasteiger partial charge is 0.367 e. The Bertz CT molecular complexity index is 681. The number of carbonyl (C=O) groups is 1. The quantitative estimate of drug-likeness (QED) is 0.669. The molecule has 4 fully saturated rings. The van der Waals surface area contributed by atoms with Crippen molar-refractivity contribution in [3.8, 4) is 0 Å². The number of nitrogens with one attached hydrogen (secondary N) is 1. The van der Waals surface area contributed by atoms with E-state index in [1.165, 1.54) is 6.07 Å². The molecule has 1 aliphatic carbocycles. The van der Waals surface area contributed by atoms with Crippen molar-refractivity contribution in [1.82, 2.24) is 10.2 Å². The third kappa shape index (κ3) is 3.20. The second-order valence-electron chi connectivity index (χ2n) is 7.33. The highest BCUT2D eigenvalue weighted by Crippen LogP contribution is 2.31. The molecule has 2 bridgehead atoms. The van der Waals surface area contributed by atoms with Crippen LogP contribution in [0.25, 0.3) is 0 Å². The number of fused-ring (bicyclic) bond motifs is 4. The predicted molar refractivity (Wildman–Crippen MR) is 95.0 cm³/mol.